The van der Waals surface area contributed by atoms with Crippen LogP contribution in [0.25, 0.3) is 16.7 Å². The van der Waals surface area contributed by atoms with Crippen molar-refractivity contribution >= 4 is 28.6 Å². The number of rotatable bonds is 12. The van der Waals surface area contributed by atoms with Crippen LogP contribution in [0.3, 0.4) is 0 Å². The number of aromatic nitrogens is 3. The maximum absolute atomic E-state index is 13.8. The summed E-state index contributed by atoms with van der Waals surface area (Å²) in [7, 11) is 1.52. The summed E-state index contributed by atoms with van der Waals surface area (Å²) in [6.07, 6.45) is 1.61. The number of hydrogen-bond acceptors (Lipinski definition) is 9. The Kier molecular flexibility index (Phi) is 10.1. The minimum atomic E-state index is -0.743. The number of fused-ring (bicyclic) bond motifs is 2. The van der Waals surface area contributed by atoms with E-state index >= 15 is 0 Å². The zero-order valence-corrected chi connectivity index (χ0v) is 25.3. The molecule has 0 N–H and O–H groups in total. The molecule has 3 heterocycles. The molecule has 12 nitrogen and oxygen atoms in total. The number of methoxy groups -OCH3 is 1. The van der Waals surface area contributed by atoms with Crippen LogP contribution in [0.2, 0.25) is 0 Å². The smallest absolute Gasteiger partial charge is 0.341 e. The van der Waals surface area contributed by atoms with Crippen LogP contribution in [0.15, 0.2) is 46.3 Å². The molecule has 0 atom stereocenters. The average Bonchev–Trinajstić information content (AvgIpc) is 2.99. The summed E-state index contributed by atoms with van der Waals surface area (Å²) in [4.78, 5) is 49.9. The van der Waals surface area contributed by atoms with Gasteiger partial charge in [-0.2, -0.15) is 4.99 Å². The maximum Gasteiger partial charge on any atom is 0.341 e. The predicted octanol–water partition coefficient (Wildman–Crippen LogP) is 3.72. The lowest BCUT2D eigenvalue weighted by molar-refractivity contribution is 0.0523. The minimum Gasteiger partial charge on any atom is -0.490 e. The van der Waals surface area contributed by atoms with Crippen molar-refractivity contribution in [1.82, 2.24) is 14.0 Å². The summed E-state index contributed by atoms with van der Waals surface area (Å²) in [5.41, 5.74) is 1.12. The van der Waals surface area contributed by atoms with Gasteiger partial charge >= 0.3 is 5.97 Å². The van der Waals surface area contributed by atoms with Crippen LogP contribution in [0.1, 0.15) is 54.0 Å². The topological polar surface area (TPSA) is 132 Å². The van der Waals surface area contributed by atoms with Gasteiger partial charge in [0.25, 0.3) is 11.5 Å². The largest absolute Gasteiger partial charge is 0.490 e. The molecule has 0 aliphatic carbocycles. The molecule has 0 fully saturated rings. The molecule has 4 aromatic rings. The van der Waals surface area contributed by atoms with Gasteiger partial charge in [0.1, 0.15) is 16.9 Å². The lowest BCUT2D eigenvalue weighted by Crippen LogP contribution is -2.33. The van der Waals surface area contributed by atoms with E-state index in [1.807, 2.05) is 33.8 Å². The van der Waals surface area contributed by atoms with Crippen molar-refractivity contribution in [3.05, 3.63) is 69.1 Å². The second-order valence-corrected chi connectivity index (χ2v) is 9.30. The number of esters is 1. The van der Waals surface area contributed by atoms with Crippen molar-refractivity contribution in [2.45, 2.75) is 41.2 Å². The van der Waals surface area contributed by atoms with Gasteiger partial charge in [0.2, 0.25) is 5.75 Å². The molecule has 0 aliphatic rings. The van der Waals surface area contributed by atoms with Gasteiger partial charge in [0.15, 0.2) is 17.0 Å². The molecular formula is C31H36N4O8. The predicted molar refractivity (Wildman–Crippen MR) is 159 cm³/mol. The molecule has 43 heavy (non-hydrogen) atoms. The Bertz CT molecular complexity index is 1760. The quantitative estimate of drug-likeness (QED) is 0.178. The second kappa shape index (κ2) is 14.0. The summed E-state index contributed by atoms with van der Waals surface area (Å²) < 4.78 is 30.9. The molecule has 3 aromatic heterocycles. The van der Waals surface area contributed by atoms with Crippen LogP contribution in [-0.2, 0) is 16.0 Å². The summed E-state index contributed by atoms with van der Waals surface area (Å²) in [6.45, 7) is 10.4. The average molecular weight is 593 g/mol. The first-order valence-corrected chi connectivity index (χ1v) is 14.2. The molecule has 228 valence electrons. The number of pyridine rings is 2. The number of amides is 1. The monoisotopic (exact) mass is 592 g/mol. The van der Waals surface area contributed by atoms with Crippen LogP contribution in [-0.4, -0.2) is 66.0 Å². The van der Waals surface area contributed by atoms with Gasteiger partial charge in [-0.3, -0.25) is 14.0 Å². The number of nitrogens with zero attached hydrogens (tertiary/aromatic N) is 4. The normalized spacial score (nSPS) is 11.6. The number of carbonyl (C=O) groups is 2. The van der Waals surface area contributed by atoms with Crippen molar-refractivity contribution in [1.29, 1.82) is 0 Å². The van der Waals surface area contributed by atoms with Crippen LogP contribution >= 0.6 is 0 Å². The lowest BCUT2D eigenvalue weighted by atomic mass is 10.1. The van der Waals surface area contributed by atoms with E-state index in [9.17, 15) is 14.4 Å². The first-order chi connectivity index (χ1) is 20.8. The molecule has 0 bridgehead atoms. The zero-order chi connectivity index (χ0) is 31.1. The maximum atomic E-state index is 13.8. The Hall–Kier alpha value is -4.71. The first-order valence-electron chi connectivity index (χ1n) is 14.2. The van der Waals surface area contributed by atoms with Crippen molar-refractivity contribution < 1.29 is 33.3 Å². The van der Waals surface area contributed by atoms with E-state index in [4.69, 9.17) is 28.7 Å². The highest BCUT2D eigenvalue weighted by molar-refractivity contribution is 5.98. The third-order valence-corrected chi connectivity index (χ3v) is 6.48. The van der Waals surface area contributed by atoms with Crippen molar-refractivity contribution in [3.63, 3.8) is 0 Å². The molecule has 0 saturated heterocycles. The van der Waals surface area contributed by atoms with E-state index in [-0.39, 0.29) is 53.0 Å². The molecular weight excluding hydrogens is 556 g/mol. The van der Waals surface area contributed by atoms with Gasteiger partial charge < -0.3 is 28.3 Å². The Morgan fingerprint density at radius 3 is 2.21 bits per heavy atom. The molecule has 1 aromatic carbocycles. The van der Waals surface area contributed by atoms with E-state index in [0.29, 0.717) is 42.7 Å². The summed E-state index contributed by atoms with van der Waals surface area (Å²) in [6, 6.07) is 8.01. The SMILES string of the molecule is CCOC(=O)c1cc2c(=O)n3cccc(C)c3nc2n(CCOC)c1=NC(=O)c1cc(OCC)c(OCC)c(OCC)c1. The number of carbonyl (C=O) groups excluding carboxylic acids is 2. The van der Waals surface area contributed by atoms with Crippen molar-refractivity contribution in [3.8, 4) is 17.2 Å². The van der Waals surface area contributed by atoms with E-state index in [2.05, 4.69) is 4.99 Å². The summed E-state index contributed by atoms with van der Waals surface area (Å²) >= 11 is 0. The van der Waals surface area contributed by atoms with Gasteiger partial charge in [-0.15, -0.1) is 0 Å². The van der Waals surface area contributed by atoms with Gasteiger partial charge in [0, 0.05) is 25.4 Å². The van der Waals surface area contributed by atoms with Gasteiger partial charge in [-0.25, -0.2) is 9.78 Å². The molecule has 0 aliphatic heterocycles. The van der Waals surface area contributed by atoms with Crippen molar-refractivity contribution in [2.24, 2.45) is 4.99 Å². The van der Waals surface area contributed by atoms with Gasteiger partial charge in [-0.05, 0) is 64.4 Å². The highest BCUT2D eigenvalue weighted by atomic mass is 16.5. The van der Waals surface area contributed by atoms with Crippen molar-refractivity contribution in [2.75, 3.05) is 40.1 Å². The Labute approximate surface area is 248 Å². The third-order valence-electron chi connectivity index (χ3n) is 6.48. The Balaban J connectivity index is 2.08. The van der Waals surface area contributed by atoms with Gasteiger partial charge in [-0.1, -0.05) is 6.07 Å². The minimum absolute atomic E-state index is 0.0253. The molecule has 12 heteroatoms. The molecule has 1 amide bonds. The second-order valence-electron chi connectivity index (χ2n) is 9.30. The van der Waals surface area contributed by atoms with E-state index < -0.39 is 11.9 Å². The fraction of sp³-hybridized carbons (Fsp3) is 0.387. The number of ether oxygens (including phenoxy) is 5. The molecule has 0 radical (unpaired) electrons. The summed E-state index contributed by atoms with van der Waals surface area (Å²) in [5, 5.41) is 0.159. The molecule has 0 saturated carbocycles. The third kappa shape index (κ3) is 6.38. The summed E-state index contributed by atoms with van der Waals surface area (Å²) in [5.74, 6) is -0.409. The first kappa shape index (κ1) is 31.2. The van der Waals surface area contributed by atoms with Gasteiger partial charge in [0.05, 0.1) is 38.4 Å². The van der Waals surface area contributed by atoms with Crippen LogP contribution in [0.4, 0.5) is 0 Å². The molecule has 0 spiro atoms. The molecule has 0 unspecified atom stereocenters. The Morgan fingerprint density at radius 1 is 0.930 bits per heavy atom. The highest BCUT2D eigenvalue weighted by Crippen LogP contribution is 2.39. The van der Waals surface area contributed by atoms with Crippen LogP contribution < -0.4 is 25.3 Å². The fourth-order valence-corrected chi connectivity index (χ4v) is 4.63. The highest BCUT2D eigenvalue weighted by Gasteiger charge is 2.22. The van der Waals surface area contributed by atoms with E-state index in [1.54, 1.807) is 19.2 Å². The number of benzene rings is 1. The fourth-order valence-electron chi connectivity index (χ4n) is 4.63. The number of hydrogen-bond donors (Lipinski definition) is 0. The number of aryl methyl sites for hydroxylation is 1. The van der Waals surface area contributed by atoms with E-state index in [0.717, 1.165) is 5.56 Å². The molecule has 4 rings (SSSR count). The standard InChI is InChI=1S/C31H36N4O8/c1-7-40-23-16-20(17-24(41-8-2)25(23)42-9-3)29(36)33-28-22(31(38)43-10-4)18-21-27(34(28)14-15-39-6)32-26-19(5)12-11-13-35(26)30(21)37/h11-13,16-18H,7-10,14-15H2,1-6H3. The van der Waals surface area contributed by atoms with E-state index in [1.165, 1.54) is 34.3 Å². The van der Waals surface area contributed by atoms with Crippen LogP contribution in [0.5, 0.6) is 17.2 Å². The van der Waals surface area contributed by atoms with Crippen LogP contribution in [0, 0.1) is 6.92 Å². The Morgan fingerprint density at radius 2 is 1.60 bits per heavy atom. The zero-order valence-electron chi connectivity index (χ0n) is 25.3. The lowest BCUT2D eigenvalue weighted by Gasteiger charge is -2.17.